The predicted octanol–water partition coefficient (Wildman–Crippen LogP) is 0.870. The second kappa shape index (κ2) is 4.25. The van der Waals surface area contributed by atoms with Crippen LogP contribution in [0.5, 0.6) is 0 Å². The van der Waals surface area contributed by atoms with Crippen LogP contribution in [0.15, 0.2) is 21.9 Å². The van der Waals surface area contributed by atoms with E-state index in [4.69, 9.17) is 4.74 Å². The van der Waals surface area contributed by atoms with Crippen molar-refractivity contribution in [3.8, 4) is 0 Å². The third-order valence-electron chi connectivity index (χ3n) is 3.03. The molecule has 2 rings (SSSR count). The topological polar surface area (TPSA) is 64.1 Å². The molecule has 16 heavy (non-hydrogen) atoms. The summed E-state index contributed by atoms with van der Waals surface area (Å²) >= 11 is 0. The number of nitrogens with one attached hydrogen (secondary N) is 1. The van der Waals surface area contributed by atoms with Gasteiger partial charge in [0, 0.05) is 18.2 Å². The van der Waals surface area contributed by atoms with Crippen LogP contribution in [0, 0.1) is 5.92 Å². The first-order chi connectivity index (χ1) is 7.61. The fraction of sp³-hybridized carbons (Fsp3) is 0.636. The van der Waals surface area contributed by atoms with E-state index in [1.54, 1.807) is 0 Å². The smallest absolute Gasteiger partial charge is 0.330 e. The average molecular weight is 224 g/mol. The molecule has 1 fully saturated rings. The Balaban J connectivity index is 2.31. The first kappa shape index (κ1) is 11.1. The van der Waals surface area contributed by atoms with Gasteiger partial charge in [-0.25, -0.2) is 4.79 Å². The molecule has 1 N–H and O–H groups in total. The molecule has 0 saturated carbocycles. The Kier molecular flexibility index (Phi) is 2.96. The Labute approximate surface area is 93.1 Å². The van der Waals surface area contributed by atoms with Crippen LogP contribution in [0.3, 0.4) is 0 Å². The molecule has 1 aliphatic rings. The molecule has 0 bridgehead atoms. The molecule has 1 aromatic heterocycles. The van der Waals surface area contributed by atoms with Crippen molar-refractivity contribution in [1.82, 2.24) is 9.55 Å². The SMILES string of the molecule is CCC1CC(C)C(n2ccc(=O)[nH]c2=O)O1. The summed E-state index contributed by atoms with van der Waals surface area (Å²) in [5.41, 5.74) is -0.778. The van der Waals surface area contributed by atoms with Gasteiger partial charge in [0.05, 0.1) is 6.10 Å². The molecule has 1 saturated heterocycles. The van der Waals surface area contributed by atoms with Gasteiger partial charge >= 0.3 is 5.69 Å². The molecular weight excluding hydrogens is 208 g/mol. The number of aromatic nitrogens is 2. The summed E-state index contributed by atoms with van der Waals surface area (Å²) in [5.74, 6) is 0.286. The largest absolute Gasteiger partial charge is 0.354 e. The Hall–Kier alpha value is -1.36. The van der Waals surface area contributed by atoms with Gasteiger partial charge in [0.1, 0.15) is 6.23 Å². The lowest BCUT2D eigenvalue weighted by Gasteiger charge is -2.17. The highest BCUT2D eigenvalue weighted by molar-refractivity contribution is 4.87. The summed E-state index contributed by atoms with van der Waals surface area (Å²) in [6.07, 6.45) is 3.35. The van der Waals surface area contributed by atoms with Crippen molar-refractivity contribution >= 4 is 0 Å². The first-order valence-corrected chi connectivity index (χ1v) is 5.58. The summed E-state index contributed by atoms with van der Waals surface area (Å²) < 4.78 is 7.23. The van der Waals surface area contributed by atoms with E-state index in [2.05, 4.69) is 18.8 Å². The highest BCUT2D eigenvalue weighted by Crippen LogP contribution is 2.33. The standard InChI is InChI=1S/C11H16N2O3/c1-3-8-6-7(2)10(16-8)13-5-4-9(14)12-11(13)15/h4-5,7-8,10H,3,6H2,1-2H3,(H,12,14,15). The Morgan fingerprint density at radius 1 is 1.56 bits per heavy atom. The molecule has 3 atom stereocenters. The van der Waals surface area contributed by atoms with E-state index in [0.29, 0.717) is 0 Å². The summed E-state index contributed by atoms with van der Waals surface area (Å²) in [6, 6.07) is 1.34. The maximum absolute atomic E-state index is 11.6. The molecule has 0 aliphatic carbocycles. The van der Waals surface area contributed by atoms with E-state index in [1.165, 1.54) is 16.8 Å². The van der Waals surface area contributed by atoms with Crippen molar-refractivity contribution in [2.45, 2.75) is 39.0 Å². The molecule has 0 aromatic carbocycles. The van der Waals surface area contributed by atoms with Gasteiger partial charge in [-0.3, -0.25) is 14.3 Å². The van der Waals surface area contributed by atoms with Crippen molar-refractivity contribution in [2.75, 3.05) is 0 Å². The summed E-state index contributed by atoms with van der Waals surface area (Å²) in [7, 11) is 0. The molecule has 5 nitrogen and oxygen atoms in total. The van der Waals surface area contributed by atoms with Gasteiger partial charge in [0.2, 0.25) is 0 Å². The van der Waals surface area contributed by atoms with E-state index in [-0.39, 0.29) is 23.8 Å². The summed E-state index contributed by atoms with van der Waals surface area (Å²) in [5, 5.41) is 0. The van der Waals surface area contributed by atoms with Crippen molar-refractivity contribution < 1.29 is 4.74 Å². The molecule has 0 spiro atoms. The third-order valence-corrected chi connectivity index (χ3v) is 3.03. The van der Waals surface area contributed by atoms with Gasteiger partial charge in [-0.05, 0) is 12.8 Å². The minimum atomic E-state index is -0.402. The van der Waals surface area contributed by atoms with E-state index in [1.807, 2.05) is 0 Å². The minimum Gasteiger partial charge on any atom is -0.354 e. The van der Waals surface area contributed by atoms with Gasteiger partial charge in [-0.1, -0.05) is 13.8 Å². The summed E-state index contributed by atoms with van der Waals surface area (Å²) in [4.78, 5) is 24.8. The normalized spacial score (nSPS) is 29.5. The maximum atomic E-state index is 11.6. The van der Waals surface area contributed by atoms with E-state index >= 15 is 0 Å². The predicted molar refractivity (Wildman–Crippen MR) is 59.3 cm³/mol. The van der Waals surface area contributed by atoms with Gasteiger partial charge in [-0.15, -0.1) is 0 Å². The van der Waals surface area contributed by atoms with Crippen LogP contribution in [0.1, 0.15) is 32.9 Å². The lowest BCUT2D eigenvalue weighted by Crippen LogP contribution is -2.33. The Bertz CT molecular complexity index is 477. The zero-order valence-electron chi connectivity index (χ0n) is 9.47. The molecule has 0 radical (unpaired) electrons. The minimum absolute atomic E-state index is 0.207. The average Bonchev–Trinajstić information content (AvgIpc) is 2.60. The van der Waals surface area contributed by atoms with Crippen LogP contribution in [0.25, 0.3) is 0 Å². The van der Waals surface area contributed by atoms with E-state index in [0.717, 1.165) is 12.8 Å². The molecular formula is C11H16N2O3. The number of ether oxygens (including phenoxy) is 1. The van der Waals surface area contributed by atoms with E-state index in [9.17, 15) is 9.59 Å². The monoisotopic (exact) mass is 224 g/mol. The molecule has 1 aliphatic heterocycles. The van der Waals surface area contributed by atoms with E-state index < -0.39 is 5.69 Å². The number of hydrogen-bond acceptors (Lipinski definition) is 3. The molecule has 0 amide bonds. The van der Waals surface area contributed by atoms with Gasteiger partial charge in [0.25, 0.3) is 5.56 Å². The Morgan fingerprint density at radius 2 is 2.31 bits per heavy atom. The number of H-pyrrole nitrogens is 1. The van der Waals surface area contributed by atoms with Crippen molar-refractivity contribution in [3.63, 3.8) is 0 Å². The second-order valence-electron chi connectivity index (χ2n) is 4.29. The number of nitrogens with zero attached hydrogens (tertiary/aromatic N) is 1. The first-order valence-electron chi connectivity index (χ1n) is 5.58. The molecule has 2 heterocycles. The van der Waals surface area contributed by atoms with Gasteiger partial charge < -0.3 is 4.74 Å². The number of rotatable bonds is 2. The maximum Gasteiger partial charge on any atom is 0.330 e. The van der Waals surface area contributed by atoms with Crippen molar-refractivity contribution in [2.24, 2.45) is 5.92 Å². The number of hydrogen-bond donors (Lipinski definition) is 1. The third kappa shape index (κ3) is 1.95. The summed E-state index contributed by atoms with van der Waals surface area (Å²) in [6.45, 7) is 4.12. The van der Waals surface area contributed by atoms with Crippen LogP contribution in [0.2, 0.25) is 0 Å². The van der Waals surface area contributed by atoms with Crippen molar-refractivity contribution in [3.05, 3.63) is 33.1 Å². The van der Waals surface area contributed by atoms with Crippen LogP contribution in [0.4, 0.5) is 0 Å². The quantitative estimate of drug-likeness (QED) is 0.810. The van der Waals surface area contributed by atoms with Crippen LogP contribution in [-0.4, -0.2) is 15.7 Å². The van der Waals surface area contributed by atoms with Crippen LogP contribution in [-0.2, 0) is 4.74 Å². The zero-order chi connectivity index (χ0) is 11.7. The fourth-order valence-electron chi connectivity index (χ4n) is 2.15. The fourth-order valence-corrected chi connectivity index (χ4v) is 2.15. The second-order valence-corrected chi connectivity index (χ2v) is 4.29. The van der Waals surface area contributed by atoms with Gasteiger partial charge in [0.15, 0.2) is 0 Å². The lowest BCUT2D eigenvalue weighted by molar-refractivity contribution is -0.0142. The van der Waals surface area contributed by atoms with Crippen molar-refractivity contribution in [1.29, 1.82) is 0 Å². The number of aromatic amines is 1. The molecule has 1 aromatic rings. The molecule has 3 unspecified atom stereocenters. The zero-order valence-corrected chi connectivity index (χ0v) is 9.47. The highest BCUT2D eigenvalue weighted by atomic mass is 16.5. The molecule has 5 heteroatoms. The highest BCUT2D eigenvalue weighted by Gasteiger charge is 2.32. The lowest BCUT2D eigenvalue weighted by atomic mass is 10.0. The molecule has 88 valence electrons. The van der Waals surface area contributed by atoms with Crippen LogP contribution >= 0.6 is 0 Å². The van der Waals surface area contributed by atoms with Crippen LogP contribution < -0.4 is 11.2 Å². The van der Waals surface area contributed by atoms with Gasteiger partial charge in [-0.2, -0.15) is 0 Å². The Morgan fingerprint density at radius 3 is 2.88 bits per heavy atom.